The van der Waals surface area contributed by atoms with Gasteiger partial charge in [-0.15, -0.1) is 0 Å². The molecule has 0 atom stereocenters. The summed E-state index contributed by atoms with van der Waals surface area (Å²) in [6.07, 6.45) is 3.62. The summed E-state index contributed by atoms with van der Waals surface area (Å²) < 4.78 is 8.50. The first kappa shape index (κ1) is 25.6. The van der Waals surface area contributed by atoms with Gasteiger partial charge in [0.15, 0.2) is 0 Å². The van der Waals surface area contributed by atoms with Crippen molar-refractivity contribution in [3.63, 3.8) is 0 Å². The molecule has 0 aliphatic carbocycles. The van der Waals surface area contributed by atoms with Gasteiger partial charge in [-0.1, -0.05) is 54.6 Å². The van der Waals surface area contributed by atoms with Crippen LogP contribution in [0.3, 0.4) is 0 Å². The number of fused-ring (bicyclic) bond motifs is 2. The smallest absolute Gasteiger partial charge is 0.269 e. The van der Waals surface area contributed by atoms with E-state index in [-0.39, 0.29) is 18.7 Å². The van der Waals surface area contributed by atoms with Crippen LogP contribution < -0.4 is 11.0 Å². The molecule has 0 unspecified atom stereocenters. The lowest BCUT2D eigenvalue weighted by molar-refractivity contribution is -0.121. The largest absolute Gasteiger partial charge is 0.380 e. The Morgan fingerprint density at radius 2 is 1.85 bits per heavy atom. The summed E-state index contributed by atoms with van der Waals surface area (Å²) in [5, 5.41) is 17.0. The van der Waals surface area contributed by atoms with E-state index < -0.39 is 11.5 Å². The van der Waals surface area contributed by atoms with Crippen LogP contribution in [0, 0.1) is 18.3 Å². The number of hydrazone groups is 1. The van der Waals surface area contributed by atoms with E-state index in [9.17, 15) is 14.9 Å². The molecule has 5 rings (SSSR count). The highest BCUT2D eigenvalue weighted by atomic mass is 16.5. The second-order valence-electron chi connectivity index (χ2n) is 9.33. The van der Waals surface area contributed by atoms with E-state index in [2.05, 4.69) is 51.5 Å². The molecule has 5 aromatic rings. The maximum absolute atomic E-state index is 12.8. The standard InChI is InChI=1S/C31H27N5O3/c1-21-13-25(20-39-2)28(15-32)31(38)36(21)19-30(37)34-33-16-26-18-35(29-10-6-5-9-27(26)29)17-22-11-12-23-7-3-4-8-24(23)14-22/h3-14,16,18H,17,19-20H2,1-2H3,(H,34,37)/b33-16+. The third-order valence-electron chi connectivity index (χ3n) is 6.68. The number of methoxy groups -OCH3 is 1. The number of amides is 1. The molecule has 1 N–H and O–H groups in total. The fraction of sp³-hybridized carbons (Fsp3) is 0.161. The van der Waals surface area contributed by atoms with Crippen molar-refractivity contribution in [1.29, 1.82) is 5.26 Å². The number of ether oxygens (including phenoxy) is 1. The summed E-state index contributed by atoms with van der Waals surface area (Å²) in [7, 11) is 1.49. The number of aromatic nitrogens is 2. The van der Waals surface area contributed by atoms with E-state index in [0.29, 0.717) is 17.8 Å². The number of carbonyl (C=O) groups is 1. The maximum Gasteiger partial charge on any atom is 0.269 e. The molecule has 0 aliphatic rings. The number of nitrogens with zero attached hydrogens (tertiary/aromatic N) is 4. The normalized spacial score (nSPS) is 11.3. The van der Waals surface area contributed by atoms with Gasteiger partial charge in [0.1, 0.15) is 18.2 Å². The third-order valence-corrected chi connectivity index (χ3v) is 6.68. The van der Waals surface area contributed by atoms with Crippen molar-refractivity contribution in [2.24, 2.45) is 5.10 Å². The van der Waals surface area contributed by atoms with Crippen LogP contribution in [0.2, 0.25) is 0 Å². The topological polar surface area (TPSA) is 101 Å². The lowest BCUT2D eigenvalue weighted by Gasteiger charge is -2.12. The lowest BCUT2D eigenvalue weighted by atomic mass is 10.1. The van der Waals surface area contributed by atoms with Gasteiger partial charge in [0, 0.05) is 47.6 Å². The van der Waals surface area contributed by atoms with Crippen LogP contribution in [0.5, 0.6) is 0 Å². The molecular weight excluding hydrogens is 490 g/mol. The van der Waals surface area contributed by atoms with Gasteiger partial charge in [-0.2, -0.15) is 10.4 Å². The Morgan fingerprint density at radius 1 is 1.08 bits per heavy atom. The van der Waals surface area contributed by atoms with Crippen molar-refractivity contribution in [1.82, 2.24) is 14.6 Å². The molecule has 3 aromatic carbocycles. The van der Waals surface area contributed by atoms with Crippen molar-refractivity contribution in [2.75, 3.05) is 7.11 Å². The average Bonchev–Trinajstić information content (AvgIpc) is 3.28. The van der Waals surface area contributed by atoms with Gasteiger partial charge in [-0.25, -0.2) is 5.43 Å². The van der Waals surface area contributed by atoms with Crippen molar-refractivity contribution in [3.8, 4) is 6.07 Å². The maximum atomic E-state index is 12.8. The fourth-order valence-electron chi connectivity index (χ4n) is 4.82. The van der Waals surface area contributed by atoms with Crippen LogP contribution in [0.1, 0.15) is 27.9 Å². The van der Waals surface area contributed by atoms with Crippen molar-refractivity contribution < 1.29 is 9.53 Å². The number of pyridine rings is 1. The van der Waals surface area contributed by atoms with Crippen molar-refractivity contribution >= 4 is 33.8 Å². The fourth-order valence-corrected chi connectivity index (χ4v) is 4.82. The minimum Gasteiger partial charge on any atom is -0.380 e. The summed E-state index contributed by atoms with van der Waals surface area (Å²) in [6.45, 7) is 2.29. The van der Waals surface area contributed by atoms with Gasteiger partial charge >= 0.3 is 0 Å². The number of hydrogen-bond donors (Lipinski definition) is 1. The molecule has 0 bridgehead atoms. The first-order valence-electron chi connectivity index (χ1n) is 12.5. The van der Waals surface area contributed by atoms with Crippen LogP contribution >= 0.6 is 0 Å². The summed E-state index contributed by atoms with van der Waals surface area (Å²) in [5.74, 6) is -0.472. The van der Waals surface area contributed by atoms with Gasteiger partial charge in [0.05, 0.1) is 12.8 Å². The van der Waals surface area contributed by atoms with Crippen LogP contribution in [-0.2, 0) is 29.2 Å². The highest BCUT2D eigenvalue weighted by Crippen LogP contribution is 2.23. The molecule has 0 radical (unpaired) electrons. The minimum atomic E-state index is -0.527. The zero-order valence-corrected chi connectivity index (χ0v) is 21.7. The number of nitrogens with one attached hydrogen (secondary N) is 1. The second-order valence-corrected chi connectivity index (χ2v) is 9.33. The molecular formula is C31H27N5O3. The summed E-state index contributed by atoms with van der Waals surface area (Å²) in [5.41, 5.74) is 6.10. The van der Waals surface area contributed by atoms with E-state index in [0.717, 1.165) is 16.5 Å². The van der Waals surface area contributed by atoms with Gasteiger partial charge in [0.25, 0.3) is 11.5 Å². The molecule has 0 saturated carbocycles. The highest BCUT2D eigenvalue weighted by molar-refractivity contribution is 5.99. The van der Waals surface area contributed by atoms with Crippen molar-refractivity contribution in [3.05, 3.63) is 117 Å². The van der Waals surface area contributed by atoms with Crippen LogP contribution in [0.25, 0.3) is 21.7 Å². The van der Waals surface area contributed by atoms with Crippen molar-refractivity contribution in [2.45, 2.75) is 26.6 Å². The Labute approximate surface area is 225 Å². The number of nitriles is 1. The molecule has 194 valence electrons. The Morgan fingerprint density at radius 3 is 2.64 bits per heavy atom. The molecule has 8 nitrogen and oxygen atoms in total. The molecule has 8 heteroatoms. The molecule has 0 spiro atoms. The number of aryl methyl sites for hydroxylation is 1. The van der Waals surface area contributed by atoms with Crippen LogP contribution in [0.15, 0.2) is 88.9 Å². The lowest BCUT2D eigenvalue weighted by Crippen LogP contribution is -2.33. The number of carbonyl (C=O) groups excluding carboxylic acids is 1. The quantitative estimate of drug-likeness (QED) is 0.242. The second kappa shape index (κ2) is 11.2. The molecule has 2 heterocycles. The third kappa shape index (κ3) is 5.35. The molecule has 0 aliphatic heterocycles. The van der Waals surface area contributed by atoms with Crippen LogP contribution in [-0.4, -0.2) is 28.4 Å². The Kier molecular flexibility index (Phi) is 7.34. The molecule has 0 saturated heterocycles. The first-order valence-corrected chi connectivity index (χ1v) is 12.5. The monoisotopic (exact) mass is 517 g/mol. The zero-order valence-electron chi connectivity index (χ0n) is 21.7. The predicted octanol–water partition coefficient (Wildman–Crippen LogP) is 4.48. The summed E-state index contributed by atoms with van der Waals surface area (Å²) in [4.78, 5) is 25.4. The minimum absolute atomic E-state index is 0.0297. The van der Waals surface area contributed by atoms with Crippen LogP contribution in [0.4, 0.5) is 0 Å². The average molecular weight is 518 g/mol. The van der Waals surface area contributed by atoms with E-state index >= 15 is 0 Å². The highest BCUT2D eigenvalue weighted by Gasteiger charge is 2.15. The number of para-hydroxylation sites is 1. The molecule has 39 heavy (non-hydrogen) atoms. The molecule has 0 fully saturated rings. The van der Waals surface area contributed by atoms with E-state index in [1.54, 1.807) is 19.2 Å². The van der Waals surface area contributed by atoms with E-state index in [4.69, 9.17) is 4.74 Å². The van der Waals surface area contributed by atoms with E-state index in [1.165, 1.54) is 28.0 Å². The molecule has 1 amide bonds. The predicted molar refractivity (Wildman–Crippen MR) is 152 cm³/mol. The van der Waals surface area contributed by atoms with Gasteiger partial charge in [0.2, 0.25) is 0 Å². The zero-order chi connectivity index (χ0) is 27.4. The number of hydrogen-bond acceptors (Lipinski definition) is 5. The van der Waals surface area contributed by atoms with E-state index in [1.807, 2.05) is 42.6 Å². The Bertz CT molecular complexity index is 1820. The Balaban J connectivity index is 1.34. The van der Waals surface area contributed by atoms with Gasteiger partial charge in [-0.05, 0) is 41.5 Å². The van der Waals surface area contributed by atoms with Gasteiger partial charge in [-0.3, -0.25) is 9.59 Å². The van der Waals surface area contributed by atoms with Gasteiger partial charge < -0.3 is 13.9 Å². The first-order chi connectivity index (χ1) is 19.0. The number of rotatable bonds is 8. The SMILES string of the molecule is COCc1cc(C)n(CC(=O)N/N=C/c2cn(Cc3ccc4ccccc4c3)c3ccccc23)c(=O)c1C#N. The summed E-state index contributed by atoms with van der Waals surface area (Å²) in [6, 6.07) is 26.4. The summed E-state index contributed by atoms with van der Waals surface area (Å²) >= 11 is 0. The number of benzene rings is 3. The Hall–Kier alpha value is -5.00. The molecule has 2 aromatic heterocycles.